The molecule has 2 N–H and O–H groups in total. The number of methoxy groups -OCH3 is 1. The average Bonchev–Trinajstić information content (AvgIpc) is 2.55. The van der Waals surface area contributed by atoms with E-state index in [0.717, 1.165) is 23.4 Å². The van der Waals surface area contributed by atoms with Crippen LogP contribution in [-0.4, -0.2) is 31.6 Å². The molecule has 0 bridgehead atoms. The number of anilines is 1. The highest BCUT2D eigenvalue weighted by Crippen LogP contribution is 2.12. The highest BCUT2D eigenvalue weighted by molar-refractivity contribution is 5.92. The normalized spacial score (nSPS) is 10.0. The Labute approximate surface area is 124 Å². The Morgan fingerprint density at radius 2 is 2.14 bits per heavy atom. The van der Waals surface area contributed by atoms with Gasteiger partial charge in [0, 0.05) is 13.6 Å². The summed E-state index contributed by atoms with van der Waals surface area (Å²) in [6.07, 6.45) is 2.38. The molecule has 5 heteroatoms. The van der Waals surface area contributed by atoms with Gasteiger partial charge in [-0.1, -0.05) is 12.1 Å². The molecule has 21 heavy (non-hydrogen) atoms. The van der Waals surface area contributed by atoms with E-state index in [9.17, 15) is 4.79 Å². The number of ether oxygens (including phenoxy) is 1. The predicted octanol–water partition coefficient (Wildman–Crippen LogP) is 2.10. The molecule has 0 aliphatic heterocycles. The third-order valence-corrected chi connectivity index (χ3v) is 3.12. The second-order valence-corrected chi connectivity index (χ2v) is 4.54. The van der Waals surface area contributed by atoms with Crippen LogP contribution in [0.4, 0.5) is 5.69 Å². The van der Waals surface area contributed by atoms with E-state index in [1.54, 1.807) is 19.4 Å². The van der Waals surface area contributed by atoms with Gasteiger partial charge in [-0.3, -0.25) is 4.79 Å². The summed E-state index contributed by atoms with van der Waals surface area (Å²) >= 11 is 0. The molecule has 1 amide bonds. The number of carbonyl (C=O) groups is 1. The Bertz CT molecular complexity index is 597. The largest absolute Gasteiger partial charge is 0.497 e. The van der Waals surface area contributed by atoms with Gasteiger partial charge in [0.15, 0.2) is 0 Å². The van der Waals surface area contributed by atoms with Crippen LogP contribution in [0.2, 0.25) is 0 Å². The highest BCUT2D eigenvalue weighted by atomic mass is 16.5. The average molecular weight is 285 g/mol. The first-order valence-electron chi connectivity index (χ1n) is 6.78. The van der Waals surface area contributed by atoms with Gasteiger partial charge in [0.05, 0.1) is 19.0 Å². The number of nitrogens with one attached hydrogen (secondary N) is 2. The van der Waals surface area contributed by atoms with Crippen molar-refractivity contribution in [2.75, 3.05) is 26.0 Å². The first-order chi connectivity index (χ1) is 10.2. The molecule has 2 rings (SSSR count). The van der Waals surface area contributed by atoms with Crippen molar-refractivity contribution >= 4 is 11.6 Å². The van der Waals surface area contributed by atoms with Crippen molar-refractivity contribution in [3.05, 3.63) is 53.9 Å². The van der Waals surface area contributed by atoms with Crippen LogP contribution in [0.25, 0.3) is 0 Å². The molecule has 0 spiro atoms. The number of hydrogen-bond donors (Lipinski definition) is 2. The van der Waals surface area contributed by atoms with Gasteiger partial charge in [-0.2, -0.15) is 0 Å². The topological polar surface area (TPSA) is 63.2 Å². The van der Waals surface area contributed by atoms with E-state index >= 15 is 0 Å². The third kappa shape index (κ3) is 4.21. The molecule has 0 saturated carbocycles. The van der Waals surface area contributed by atoms with Crippen LogP contribution in [-0.2, 0) is 6.42 Å². The first kappa shape index (κ1) is 14.8. The number of aromatic nitrogens is 1. The monoisotopic (exact) mass is 285 g/mol. The second kappa shape index (κ2) is 7.28. The molecule has 1 aromatic carbocycles. The lowest BCUT2D eigenvalue weighted by atomic mass is 10.1. The molecule has 110 valence electrons. The van der Waals surface area contributed by atoms with Crippen LogP contribution < -0.4 is 15.4 Å². The van der Waals surface area contributed by atoms with Crippen molar-refractivity contribution in [3.63, 3.8) is 0 Å². The molecule has 0 saturated heterocycles. The smallest absolute Gasteiger partial charge is 0.269 e. The summed E-state index contributed by atoms with van der Waals surface area (Å²) in [6, 6.07) is 11.3. The van der Waals surface area contributed by atoms with Crippen LogP contribution in [0.15, 0.2) is 42.6 Å². The van der Waals surface area contributed by atoms with Crippen molar-refractivity contribution in [2.24, 2.45) is 0 Å². The zero-order chi connectivity index (χ0) is 15.1. The maximum atomic E-state index is 11.9. The van der Waals surface area contributed by atoms with Crippen LogP contribution in [0.5, 0.6) is 5.75 Å². The van der Waals surface area contributed by atoms with Gasteiger partial charge in [0.25, 0.3) is 5.91 Å². The van der Waals surface area contributed by atoms with Gasteiger partial charge >= 0.3 is 0 Å². The number of rotatable bonds is 6. The maximum Gasteiger partial charge on any atom is 0.269 e. The molecule has 0 aliphatic rings. The molecular formula is C16H19N3O2. The summed E-state index contributed by atoms with van der Waals surface area (Å²) in [5, 5.41) is 5.82. The molecule has 0 aliphatic carbocycles. The fourth-order valence-electron chi connectivity index (χ4n) is 1.91. The van der Waals surface area contributed by atoms with Gasteiger partial charge in [-0.05, 0) is 36.2 Å². The van der Waals surface area contributed by atoms with Crippen molar-refractivity contribution < 1.29 is 9.53 Å². The molecule has 0 atom stereocenters. The van der Waals surface area contributed by atoms with Crippen molar-refractivity contribution in [1.82, 2.24) is 10.3 Å². The van der Waals surface area contributed by atoms with Crippen molar-refractivity contribution in [1.29, 1.82) is 0 Å². The number of amides is 1. The Balaban J connectivity index is 1.85. The lowest BCUT2D eigenvalue weighted by molar-refractivity contribution is 0.0949. The number of nitrogens with zero attached hydrogens (tertiary/aromatic N) is 1. The maximum absolute atomic E-state index is 11.9. The summed E-state index contributed by atoms with van der Waals surface area (Å²) in [7, 11) is 3.45. The molecule has 0 fully saturated rings. The van der Waals surface area contributed by atoms with Crippen LogP contribution in [0, 0.1) is 0 Å². The Kier molecular flexibility index (Phi) is 5.15. The summed E-state index contributed by atoms with van der Waals surface area (Å²) < 4.78 is 5.17. The summed E-state index contributed by atoms with van der Waals surface area (Å²) in [5.74, 6) is 0.656. The van der Waals surface area contributed by atoms with Gasteiger partial charge in [-0.15, -0.1) is 0 Å². The van der Waals surface area contributed by atoms with Crippen LogP contribution in [0.1, 0.15) is 16.1 Å². The van der Waals surface area contributed by atoms with E-state index in [1.807, 2.05) is 37.4 Å². The van der Waals surface area contributed by atoms with E-state index in [-0.39, 0.29) is 5.91 Å². The van der Waals surface area contributed by atoms with Crippen LogP contribution >= 0.6 is 0 Å². The molecule has 0 radical (unpaired) electrons. The Morgan fingerprint density at radius 3 is 2.81 bits per heavy atom. The van der Waals surface area contributed by atoms with Gasteiger partial charge in [0.1, 0.15) is 11.4 Å². The zero-order valence-corrected chi connectivity index (χ0v) is 12.2. The quantitative estimate of drug-likeness (QED) is 0.853. The van der Waals surface area contributed by atoms with Gasteiger partial charge in [-0.25, -0.2) is 4.98 Å². The minimum atomic E-state index is -0.166. The lowest BCUT2D eigenvalue weighted by Gasteiger charge is -2.07. The predicted molar refractivity (Wildman–Crippen MR) is 82.8 cm³/mol. The van der Waals surface area contributed by atoms with Crippen molar-refractivity contribution in [2.45, 2.75) is 6.42 Å². The number of benzene rings is 1. The minimum Gasteiger partial charge on any atom is -0.497 e. The number of carbonyl (C=O) groups excluding carboxylic acids is 1. The second-order valence-electron chi connectivity index (χ2n) is 4.54. The molecule has 0 unspecified atom stereocenters. The Hall–Kier alpha value is -2.56. The highest BCUT2D eigenvalue weighted by Gasteiger charge is 2.06. The van der Waals surface area contributed by atoms with E-state index in [0.29, 0.717) is 12.2 Å². The molecular weight excluding hydrogens is 266 g/mol. The number of hydrogen-bond acceptors (Lipinski definition) is 4. The molecule has 1 heterocycles. The van der Waals surface area contributed by atoms with Crippen molar-refractivity contribution in [3.8, 4) is 5.75 Å². The lowest BCUT2D eigenvalue weighted by Crippen LogP contribution is -2.26. The van der Waals surface area contributed by atoms with Gasteiger partial charge in [0.2, 0.25) is 0 Å². The fraction of sp³-hybridized carbons (Fsp3) is 0.250. The van der Waals surface area contributed by atoms with E-state index < -0.39 is 0 Å². The third-order valence-electron chi connectivity index (χ3n) is 3.12. The summed E-state index contributed by atoms with van der Waals surface area (Å²) in [6.45, 7) is 0.557. The van der Waals surface area contributed by atoms with Crippen LogP contribution in [0.3, 0.4) is 0 Å². The van der Waals surface area contributed by atoms with E-state index in [4.69, 9.17) is 4.74 Å². The first-order valence-corrected chi connectivity index (χ1v) is 6.78. The Morgan fingerprint density at radius 1 is 1.29 bits per heavy atom. The fourth-order valence-corrected chi connectivity index (χ4v) is 1.91. The van der Waals surface area contributed by atoms with Gasteiger partial charge < -0.3 is 15.4 Å². The number of pyridine rings is 1. The SMILES string of the molecule is CNc1ccc(C(=O)NCCc2cccc(OC)c2)nc1. The molecule has 1 aromatic heterocycles. The van der Waals surface area contributed by atoms with E-state index in [2.05, 4.69) is 15.6 Å². The molecule has 2 aromatic rings. The van der Waals surface area contributed by atoms with E-state index in [1.165, 1.54) is 0 Å². The standard InChI is InChI=1S/C16H19N3O2/c1-17-13-6-7-15(19-11-13)16(20)18-9-8-12-4-3-5-14(10-12)21-2/h3-7,10-11,17H,8-9H2,1-2H3,(H,18,20). The summed E-state index contributed by atoms with van der Waals surface area (Å²) in [5.41, 5.74) is 2.41. The zero-order valence-electron chi connectivity index (χ0n) is 12.2. The summed E-state index contributed by atoms with van der Waals surface area (Å²) in [4.78, 5) is 16.0. The minimum absolute atomic E-state index is 0.166. The molecule has 5 nitrogen and oxygen atoms in total.